The largest absolute Gasteiger partial charge is 0.497 e. The number of aromatic amines is 2. The van der Waals surface area contributed by atoms with Crippen LogP contribution in [-0.2, 0) is 11.2 Å². The Morgan fingerprint density at radius 3 is 2.62 bits per heavy atom. The van der Waals surface area contributed by atoms with Gasteiger partial charge in [0.15, 0.2) is 11.5 Å². The highest BCUT2D eigenvalue weighted by molar-refractivity contribution is 5.75. The average Bonchev–Trinajstić information content (AvgIpc) is 3.33. The number of nitrogens with two attached hydrogens (primary N) is 1. The van der Waals surface area contributed by atoms with Crippen molar-refractivity contribution < 1.29 is 19.0 Å². The molecule has 3 aromatic rings. The molecule has 1 aromatic heterocycles. The third-order valence-corrected chi connectivity index (χ3v) is 4.99. The smallest absolute Gasteiger partial charge is 0.267 e. The first-order valence-corrected chi connectivity index (χ1v) is 9.15. The minimum atomic E-state index is -0.509. The minimum Gasteiger partial charge on any atom is -0.497 e. The summed E-state index contributed by atoms with van der Waals surface area (Å²) >= 11 is 0. The maximum Gasteiger partial charge on any atom is 0.267 e. The number of rotatable bonds is 7. The topological polar surface area (TPSA) is 119 Å². The lowest BCUT2D eigenvalue weighted by molar-refractivity contribution is -0.118. The summed E-state index contributed by atoms with van der Waals surface area (Å²) in [4.78, 5) is 24.4. The van der Waals surface area contributed by atoms with Gasteiger partial charge in [0.25, 0.3) is 5.56 Å². The molecular weight excluding hydrogens is 374 g/mol. The SMILES string of the molecule is COc1ccc(Cc2[nH][nH]c(=O)c2[C@H](CC(N)=O)c2ccc3c(c2)OCO3)cc1. The molecule has 0 unspecified atom stereocenters. The van der Waals surface area contributed by atoms with Gasteiger partial charge in [-0.15, -0.1) is 0 Å². The standard InChI is InChI=1S/C21H21N3O5/c1-27-14-5-2-12(3-6-14)8-16-20(21(26)24-23-16)15(10-19(22)25)13-4-7-17-18(9-13)29-11-28-17/h2-7,9,15H,8,10-11H2,1H3,(H2,22,25)(H2,23,24,26)/t15-/m1/s1. The Morgan fingerprint density at radius 1 is 1.14 bits per heavy atom. The first-order chi connectivity index (χ1) is 14.0. The number of hydrogen-bond acceptors (Lipinski definition) is 5. The molecule has 2 heterocycles. The van der Waals surface area contributed by atoms with E-state index in [9.17, 15) is 9.59 Å². The average molecular weight is 395 g/mol. The van der Waals surface area contributed by atoms with E-state index in [0.717, 1.165) is 16.9 Å². The number of aromatic nitrogens is 2. The predicted octanol–water partition coefficient (Wildman–Crippen LogP) is 2.04. The third-order valence-electron chi connectivity index (χ3n) is 4.99. The van der Waals surface area contributed by atoms with Crippen molar-refractivity contribution in [2.75, 3.05) is 13.9 Å². The maximum absolute atomic E-state index is 12.6. The Bertz CT molecular complexity index is 1080. The Kier molecular flexibility index (Phi) is 4.99. The molecule has 29 heavy (non-hydrogen) atoms. The summed E-state index contributed by atoms with van der Waals surface area (Å²) < 4.78 is 16.0. The van der Waals surface area contributed by atoms with Crippen LogP contribution in [0.4, 0.5) is 0 Å². The van der Waals surface area contributed by atoms with Crippen molar-refractivity contribution in [2.24, 2.45) is 5.73 Å². The highest BCUT2D eigenvalue weighted by Crippen LogP contribution is 2.37. The van der Waals surface area contributed by atoms with Crippen molar-refractivity contribution >= 4 is 5.91 Å². The van der Waals surface area contributed by atoms with Crippen LogP contribution in [0.25, 0.3) is 0 Å². The zero-order valence-electron chi connectivity index (χ0n) is 15.9. The summed E-state index contributed by atoms with van der Waals surface area (Å²) in [5, 5.41) is 5.59. The first-order valence-electron chi connectivity index (χ1n) is 9.15. The van der Waals surface area contributed by atoms with Gasteiger partial charge in [-0.1, -0.05) is 18.2 Å². The van der Waals surface area contributed by atoms with Gasteiger partial charge in [-0.05, 0) is 35.4 Å². The Balaban J connectivity index is 1.72. The second-order valence-electron chi connectivity index (χ2n) is 6.83. The van der Waals surface area contributed by atoms with Crippen LogP contribution in [0, 0.1) is 0 Å². The van der Waals surface area contributed by atoms with Crippen LogP contribution in [-0.4, -0.2) is 30.0 Å². The fourth-order valence-corrected chi connectivity index (χ4v) is 3.58. The molecule has 150 valence electrons. The normalized spacial score (nSPS) is 13.3. The molecule has 4 N–H and O–H groups in total. The summed E-state index contributed by atoms with van der Waals surface area (Å²) in [6.07, 6.45) is 0.480. The second-order valence-corrected chi connectivity index (χ2v) is 6.83. The van der Waals surface area contributed by atoms with E-state index in [1.54, 1.807) is 19.2 Å². The predicted molar refractivity (Wildman–Crippen MR) is 105 cm³/mol. The van der Waals surface area contributed by atoms with Gasteiger partial charge >= 0.3 is 0 Å². The van der Waals surface area contributed by atoms with Crippen LogP contribution in [0.2, 0.25) is 0 Å². The van der Waals surface area contributed by atoms with Crippen LogP contribution in [0.3, 0.4) is 0 Å². The number of primary amides is 1. The molecule has 1 aliphatic heterocycles. The van der Waals surface area contributed by atoms with Gasteiger partial charge in [-0.3, -0.25) is 14.7 Å². The molecule has 0 saturated heterocycles. The molecule has 0 saturated carbocycles. The number of carbonyl (C=O) groups is 1. The molecule has 4 rings (SSSR count). The van der Waals surface area contributed by atoms with Crippen molar-refractivity contribution in [2.45, 2.75) is 18.8 Å². The molecule has 0 fully saturated rings. The number of methoxy groups -OCH3 is 1. The fraction of sp³-hybridized carbons (Fsp3) is 0.238. The van der Waals surface area contributed by atoms with Gasteiger partial charge in [0, 0.05) is 30.0 Å². The molecule has 0 bridgehead atoms. The lowest BCUT2D eigenvalue weighted by Crippen LogP contribution is -2.21. The van der Waals surface area contributed by atoms with E-state index in [1.807, 2.05) is 30.3 Å². The molecule has 1 aliphatic rings. The van der Waals surface area contributed by atoms with Crippen molar-refractivity contribution in [3.8, 4) is 17.2 Å². The van der Waals surface area contributed by atoms with Crippen molar-refractivity contribution in [3.63, 3.8) is 0 Å². The maximum atomic E-state index is 12.6. The summed E-state index contributed by atoms with van der Waals surface area (Å²) in [5.41, 5.74) is 8.16. The van der Waals surface area contributed by atoms with Gasteiger partial charge in [0.05, 0.1) is 7.11 Å². The van der Waals surface area contributed by atoms with Crippen LogP contribution < -0.4 is 25.5 Å². The van der Waals surface area contributed by atoms with Gasteiger partial charge in [0.1, 0.15) is 5.75 Å². The molecule has 0 radical (unpaired) electrons. The van der Waals surface area contributed by atoms with Crippen molar-refractivity contribution in [1.29, 1.82) is 0 Å². The van der Waals surface area contributed by atoms with Crippen LogP contribution >= 0.6 is 0 Å². The fourth-order valence-electron chi connectivity index (χ4n) is 3.58. The van der Waals surface area contributed by atoms with E-state index in [-0.39, 0.29) is 18.8 Å². The van der Waals surface area contributed by atoms with E-state index < -0.39 is 11.8 Å². The van der Waals surface area contributed by atoms with Gasteiger partial charge in [0.2, 0.25) is 12.7 Å². The number of carbonyl (C=O) groups excluding carboxylic acids is 1. The Labute approximate surface area is 166 Å². The van der Waals surface area contributed by atoms with E-state index in [2.05, 4.69) is 10.2 Å². The number of ether oxygens (including phenoxy) is 3. The van der Waals surface area contributed by atoms with Crippen LogP contribution in [0.1, 0.15) is 34.7 Å². The lowest BCUT2D eigenvalue weighted by Gasteiger charge is -2.16. The van der Waals surface area contributed by atoms with Gasteiger partial charge in [-0.25, -0.2) is 0 Å². The molecule has 0 spiro atoms. The number of fused-ring (bicyclic) bond motifs is 1. The molecular formula is C21H21N3O5. The summed E-state index contributed by atoms with van der Waals surface area (Å²) in [7, 11) is 1.61. The number of hydrogen-bond donors (Lipinski definition) is 3. The number of benzene rings is 2. The number of amides is 1. The molecule has 1 atom stereocenters. The van der Waals surface area contributed by atoms with Gasteiger partial charge in [-0.2, -0.15) is 0 Å². The minimum absolute atomic E-state index is 0.00378. The molecule has 8 nitrogen and oxygen atoms in total. The number of nitrogens with one attached hydrogen (secondary N) is 2. The summed E-state index contributed by atoms with van der Waals surface area (Å²) in [6, 6.07) is 13.0. The van der Waals surface area contributed by atoms with Gasteiger partial charge < -0.3 is 25.0 Å². The second kappa shape index (κ2) is 7.75. The molecule has 8 heteroatoms. The van der Waals surface area contributed by atoms with Crippen LogP contribution in [0.15, 0.2) is 47.3 Å². The summed E-state index contributed by atoms with van der Waals surface area (Å²) in [6.45, 7) is 0.146. The quantitative estimate of drug-likeness (QED) is 0.566. The van der Waals surface area contributed by atoms with Crippen LogP contribution in [0.5, 0.6) is 17.2 Å². The Hall–Kier alpha value is -3.68. The zero-order valence-corrected chi connectivity index (χ0v) is 15.9. The summed E-state index contributed by atoms with van der Waals surface area (Å²) in [5.74, 6) is 0.964. The molecule has 1 amide bonds. The van der Waals surface area contributed by atoms with Crippen molar-refractivity contribution in [3.05, 3.63) is 75.2 Å². The number of H-pyrrole nitrogens is 2. The van der Waals surface area contributed by atoms with E-state index in [4.69, 9.17) is 19.9 Å². The third kappa shape index (κ3) is 3.82. The van der Waals surface area contributed by atoms with E-state index in [1.165, 1.54) is 0 Å². The monoisotopic (exact) mass is 395 g/mol. The lowest BCUT2D eigenvalue weighted by atomic mass is 9.87. The molecule has 0 aliphatic carbocycles. The zero-order chi connectivity index (χ0) is 20.4. The highest BCUT2D eigenvalue weighted by Gasteiger charge is 2.26. The van der Waals surface area contributed by atoms with E-state index in [0.29, 0.717) is 29.2 Å². The molecule has 2 aromatic carbocycles. The van der Waals surface area contributed by atoms with Crippen molar-refractivity contribution in [1.82, 2.24) is 10.2 Å². The highest BCUT2D eigenvalue weighted by atomic mass is 16.7. The Morgan fingerprint density at radius 2 is 1.90 bits per heavy atom. The van der Waals surface area contributed by atoms with E-state index >= 15 is 0 Å². The first kappa shape index (κ1) is 18.7.